The van der Waals surface area contributed by atoms with Crippen LogP contribution in [0, 0.1) is 10.1 Å². The number of nitrogens with zero attached hydrogens (tertiary/aromatic N) is 3. The summed E-state index contributed by atoms with van der Waals surface area (Å²) in [7, 11) is 0. The fourth-order valence-electron chi connectivity index (χ4n) is 6.55. The third-order valence-electron chi connectivity index (χ3n) is 8.71. The summed E-state index contributed by atoms with van der Waals surface area (Å²) < 4.78 is 8.59. The van der Waals surface area contributed by atoms with Crippen LogP contribution in [-0.2, 0) is 13.0 Å². The van der Waals surface area contributed by atoms with Crippen LogP contribution in [0.2, 0.25) is 0 Å². The fourth-order valence-corrected chi connectivity index (χ4v) is 7.53. The van der Waals surface area contributed by atoms with Crippen LogP contribution in [0.4, 0.5) is 5.69 Å². The molecule has 0 fully saturated rings. The summed E-state index contributed by atoms with van der Waals surface area (Å²) in [5.41, 5.74) is 6.46. The van der Waals surface area contributed by atoms with Crippen LogP contribution in [0.3, 0.4) is 0 Å². The van der Waals surface area contributed by atoms with Crippen molar-refractivity contribution >= 4 is 39.6 Å². The molecule has 1 aromatic heterocycles. The summed E-state index contributed by atoms with van der Waals surface area (Å²) in [4.78, 5) is 31.5. The molecule has 2 heterocycles. The van der Waals surface area contributed by atoms with Crippen molar-refractivity contribution in [3.05, 3.63) is 178 Å². The lowest BCUT2D eigenvalue weighted by atomic mass is 9.83. The Balaban J connectivity index is 1.34. The molecule has 0 amide bonds. The summed E-state index contributed by atoms with van der Waals surface area (Å²) in [5.74, 6) is 0.678. The molecule has 46 heavy (non-hydrogen) atoms. The van der Waals surface area contributed by atoms with E-state index in [1.165, 1.54) is 23.0 Å². The Bertz CT molecular complexity index is 2390. The number of rotatable bonds is 6. The van der Waals surface area contributed by atoms with Crippen LogP contribution in [0.1, 0.15) is 40.3 Å². The molecule has 224 valence electrons. The number of allylic oxidation sites excluding steroid dienone is 1. The molecule has 1 aliphatic carbocycles. The van der Waals surface area contributed by atoms with Gasteiger partial charge < -0.3 is 4.74 Å². The van der Waals surface area contributed by atoms with Crippen LogP contribution in [0.5, 0.6) is 5.75 Å². The van der Waals surface area contributed by atoms with Crippen molar-refractivity contribution in [3.8, 4) is 5.75 Å². The predicted octanol–water partition coefficient (Wildman–Crippen LogP) is 6.96. The molecule has 0 N–H and O–H groups in total. The minimum absolute atomic E-state index is 0.00838. The molecular weight excluding hydrogens is 595 g/mol. The Morgan fingerprint density at radius 3 is 2.59 bits per heavy atom. The first-order valence-electron chi connectivity index (χ1n) is 15.1. The highest BCUT2D eigenvalue weighted by molar-refractivity contribution is 7.07. The molecule has 0 saturated heterocycles. The molecule has 0 unspecified atom stereocenters. The minimum Gasteiger partial charge on any atom is -0.488 e. The van der Waals surface area contributed by atoms with Gasteiger partial charge in [0.1, 0.15) is 12.4 Å². The Hall–Kier alpha value is -5.60. The lowest BCUT2D eigenvalue weighted by Gasteiger charge is -2.30. The van der Waals surface area contributed by atoms with Crippen LogP contribution in [-0.4, -0.2) is 9.49 Å². The van der Waals surface area contributed by atoms with Crippen molar-refractivity contribution in [3.63, 3.8) is 0 Å². The van der Waals surface area contributed by atoms with Gasteiger partial charge in [-0.05, 0) is 58.0 Å². The minimum atomic E-state index is -0.511. The fraction of sp³-hybridized carbons (Fsp3) is 0.105. The number of hydrogen-bond acceptors (Lipinski definition) is 6. The first-order chi connectivity index (χ1) is 22.5. The van der Waals surface area contributed by atoms with E-state index < -0.39 is 11.0 Å². The summed E-state index contributed by atoms with van der Waals surface area (Å²) in [6, 6.07) is 36.3. The van der Waals surface area contributed by atoms with Gasteiger partial charge in [0, 0.05) is 23.3 Å². The first kappa shape index (κ1) is 27.9. The molecule has 0 bridgehead atoms. The molecule has 6 aromatic rings. The second kappa shape index (κ2) is 11.4. The maximum Gasteiger partial charge on any atom is 0.271 e. The third-order valence-corrected chi connectivity index (χ3v) is 9.70. The second-order valence-electron chi connectivity index (χ2n) is 11.4. The van der Waals surface area contributed by atoms with Crippen molar-refractivity contribution in [2.24, 2.45) is 4.99 Å². The average molecular weight is 622 g/mol. The number of hydrogen-bond donors (Lipinski definition) is 0. The summed E-state index contributed by atoms with van der Waals surface area (Å²) in [5, 5.41) is 13.8. The third kappa shape index (κ3) is 4.83. The molecule has 7 nitrogen and oxygen atoms in total. The maximum absolute atomic E-state index is 14.5. The number of non-ortho nitro benzene ring substituents is 1. The van der Waals surface area contributed by atoms with Crippen molar-refractivity contribution in [1.29, 1.82) is 0 Å². The van der Waals surface area contributed by atoms with Gasteiger partial charge in [0.05, 0.1) is 21.2 Å². The van der Waals surface area contributed by atoms with E-state index in [1.54, 1.807) is 16.7 Å². The molecule has 2 aliphatic rings. The number of aryl methyl sites for hydroxylation is 1. The van der Waals surface area contributed by atoms with Crippen LogP contribution < -0.4 is 19.6 Å². The van der Waals surface area contributed by atoms with Crippen molar-refractivity contribution in [1.82, 2.24) is 4.57 Å². The number of benzene rings is 5. The molecule has 0 saturated carbocycles. The van der Waals surface area contributed by atoms with Crippen LogP contribution >= 0.6 is 11.3 Å². The largest absolute Gasteiger partial charge is 0.488 e. The van der Waals surface area contributed by atoms with Gasteiger partial charge in [-0.2, -0.15) is 0 Å². The number of fused-ring (bicyclic) bond motifs is 4. The Morgan fingerprint density at radius 1 is 0.913 bits per heavy atom. The van der Waals surface area contributed by atoms with E-state index in [0.29, 0.717) is 33.7 Å². The van der Waals surface area contributed by atoms with Crippen molar-refractivity contribution in [2.75, 3.05) is 0 Å². The number of nitro benzene ring substituents is 1. The average Bonchev–Trinajstić information content (AvgIpc) is 3.41. The highest BCUT2D eigenvalue weighted by Gasteiger charge is 2.33. The number of thiazole rings is 1. The Kier molecular flexibility index (Phi) is 6.92. The normalized spacial score (nSPS) is 15.6. The summed E-state index contributed by atoms with van der Waals surface area (Å²) >= 11 is 1.33. The van der Waals surface area contributed by atoms with Gasteiger partial charge in [0.2, 0.25) is 0 Å². The van der Waals surface area contributed by atoms with Crippen molar-refractivity contribution in [2.45, 2.75) is 25.5 Å². The zero-order valence-electron chi connectivity index (χ0n) is 24.6. The number of aromatic nitrogens is 1. The van der Waals surface area contributed by atoms with Gasteiger partial charge in [-0.25, -0.2) is 4.99 Å². The molecule has 1 aliphatic heterocycles. The lowest BCUT2D eigenvalue weighted by Crippen LogP contribution is -2.38. The monoisotopic (exact) mass is 621 g/mol. The smallest absolute Gasteiger partial charge is 0.271 e. The Morgan fingerprint density at radius 2 is 1.72 bits per heavy atom. The molecule has 5 aromatic carbocycles. The van der Waals surface area contributed by atoms with Crippen molar-refractivity contribution < 1.29 is 9.66 Å². The van der Waals surface area contributed by atoms with Gasteiger partial charge >= 0.3 is 0 Å². The quantitative estimate of drug-likeness (QED) is 0.149. The van der Waals surface area contributed by atoms with Gasteiger partial charge in [0.25, 0.3) is 11.2 Å². The Labute approximate surface area is 267 Å². The SMILES string of the molecule is O=c1/c(=C\c2c(OCc3ccccc3)ccc3ccccc23)sc2n1[C@H](c1cccc([N+](=O)[O-])c1)C1=C(N=2)c2ccccc2CC1. The van der Waals surface area contributed by atoms with Gasteiger partial charge in [-0.15, -0.1) is 0 Å². The van der Waals surface area contributed by atoms with E-state index in [0.717, 1.165) is 45.2 Å². The van der Waals surface area contributed by atoms with Gasteiger partial charge in [0.15, 0.2) is 4.80 Å². The standard InChI is InChI=1S/C38H27N3O4S/c42-37-34(22-32-29-15-6-4-11-25(29)18-20-33(32)45-23-24-9-2-1-3-10-24)46-38-39-35-30-16-7-5-12-26(30)17-19-31(35)36(40(37)38)27-13-8-14-28(21-27)41(43)44/h1-16,18,20-22,36H,17,19,23H2/b34-22+/t36-/m1/s1. The maximum atomic E-state index is 14.5. The number of ether oxygens (including phenoxy) is 1. The van der Waals surface area contributed by atoms with E-state index >= 15 is 0 Å². The topological polar surface area (TPSA) is 86.7 Å². The van der Waals surface area contributed by atoms with Gasteiger partial charge in [-0.3, -0.25) is 19.5 Å². The molecule has 8 heteroatoms. The molecule has 0 spiro atoms. The van der Waals surface area contributed by atoms with E-state index in [4.69, 9.17) is 9.73 Å². The summed E-state index contributed by atoms with van der Waals surface area (Å²) in [6.45, 7) is 0.389. The number of nitro groups is 1. The molecule has 0 radical (unpaired) electrons. The van der Waals surface area contributed by atoms with E-state index in [2.05, 4.69) is 12.1 Å². The molecule has 1 atom stereocenters. The lowest BCUT2D eigenvalue weighted by molar-refractivity contribution is -0.384. The second-order valence-corrected chi connectivity index (χ2v) is 12.4. The first-order valence-corrected chi connectivity index (χ1v) is 15.9. The summed E-state index contributed by atoms with van der Waals surface area (Å²) in [6.07, 6.45) is 3.42. The van der Waals surface area contributed by atoms with E-state index in [9.17, 15) is 14.9 Å². The predicted molar refractivity (Wildman–Crippen MR) is 181 cm³/mol. The highest BCUT2D eigenvalue weighted by Crippen LogP contribution is 2.41. The van der Waals surface area contributed by atoms with Crippen LogP contribution in [0.25, 0.3) is 22.5 Å². The molecule has 8 rings (SSSR count). The zero-order valence-corrected chi connectivity index (χ0v) is 25.4. The van der Waals surface area contributed by atoms with Crippen LogP contribution in [0.15, 0.2) is 131 Å². The zero-order chi connectivity index (χ0) is 31.2. The van der Waals surface area contributed by atoms with E-state index in [-0.39, 0.29) is 11.2 Å². The highest BCUT2D eigenvalue weighted by atomic mass is 32.1. The van der Waals surface area contributed by atoms with Gasteiger partial charge in [-0.1, -0.05) is 108 Å². The molecular formula is C38H27N3O4S. The van der Waals surface area contributed by atoms with E-state index in [1.807, 2.05) is 91.0 Å².